The lowest BCUT2D eigenvalue weighted by atomic mass is 10.2. The van der Waals surface area contributed by atoms with Gasteiger partial charge in [-0.25, -0.2) is 24.3 Å². The average molecular weight is 393 g/mol. The normalized spacial score (nSPS) is 14.0. The number of nitrogens with one attached hydrogen (secondary N) is 1. The third kappa shape index (κ3) is 4.45. The molecule has 29 heavy (non-hydrogen) atoms. The molecule has 148 valence electrons. The van der Waals surface area contributed by atoms with E-state index in [4.69, 9.17) is 0 Å². The van der Waals surface area contributed by atoms with Gasteiger partial charge in [0.1, 0.15) is 11.5 Å². The summed E-state index contributed by atoms with van der Waals surface area (Å²) in [5, 5.41) is 2.97. The Hall–Kier alpha value is -3.62. The summed E-state index contributed by atoms with van der Waals surface area (Å²) < 4.78 is 13.7. The van der Waals surface area contributed by atoms with E-state index in [1.807, 2.05) is 4.90 Å². The molecule has 1 aromatic carbocycles. The van der Waals surface area contributed by atoms with Gasteiger partial charge >= 0.3 is 0 Å². The van der Waals surface area contributed by atoms with Crippen molar-refractivity contribution in [2.45, 2.75) is 6.54 Å². The minimum absolute atomic E-state index is 0.157. The third-order valence-electron chi connectivity index (χ3n) is 4.67. The first-order chi connectivity index (χ1) is 14.2. The van der Waals surface area contributed by atoms with Crippen molar-refractivity contribution in [1.82, 2.24) is 24.8 Å². The van der Waals surface area contributed by atoms with Gasteiger partial charge in [-0.15, -0.1) is 0 Å². The van der Waals surface area contributed by atoms with E-state index in [1.54, 1.807) is 47.6 Å². The number of hydrogen-bond acceptors (Lipinski definition) is 7. The van der Waals surface area contributed by atoms with Gasteiger partial charge in [-0.3, -0.25) is 4.79 Å². The molecule has 1 amide bonds. The van der Waals surface area contributed by atoms with Crippen molar-refractivity contribution in [3.05, 3.63) is 72.1 Å². The fraction of sp³-hybridized carbons (Fsp3) is 0.250. The Morgan fingerprint density at radius 1 is 0.966 bits per heavy atom. The number of nitrogens with zero attached hydrogens (tertiary/aromatic N) is 6. The largest absolute Gasteiger partial charge is 0.350 e. The molecule has 0 saturated carbocycles. The first-order valence-electron chi connectivity index (χ1n) is 9.32. The maximum Gasteiger partial charge on any atom is 0.272 e. The van der Waals surface area contributed by atoms with Gasteiger partial charge in [0.25, 0.3) is 5.91 Å². The highest BCUT2D eigenvalue weighted by Gasteiger charge is 2.24. The number of benzene rings is 1. The standard InChI is InChI=1S/C20H20FN7O/c21-16-5-2-1-4-15(16)14-25-19-22-9-6-17(26-19)18(29)27-10-12-28(13-11-27)20-23-7-3-8-24-20/h1-9H,10-14H2,(H,22,25,26). The van der Waals surface area contributed by atoms with Crippen LogP contribution in [0.3, 0.4) is 0 Å². The Morgan fingerprint density at radius 3 is 2.48 bits per heavy atom. The SMILES string of the molecule is O=C(c1ccnc(NCc2ccccc2F)n1)N1CCN(c2ncccn2)CC1. The van der Waals surface area contributed by atoms with Crippen LogP contribution in [0.25, 0.3) is 0 Å². The van der Waals surface area contributed by atoms with E-state index in [-0.39, 0.29) is 24.2 Å². The fourth-order valence-electron chi connectivity index (χ4n) is 3.11. The number of carbonyl (C=O) groups is 1. The lowest BCUT2D eigenvalue weighted by molar-refractivity contribution is 0.0740. The first-order valence-corrected chi connectivity index (χ1v) is 9.32. The Morgan fingerprint density at radius 2 is 1.72 bits per heavy atom. The van der Waals surface area contributed by atoms with E-state index < -0.39 is 0 Å². The van der Waals surface area contributed by atoms with Crippen molar-refractivity contribution in [2.75, 3.05) is 36.4 Å². The topological polar surface area (TPSA) is 87.1 Å². The van der Waals surface area contributed by atoms with E-state index in [0.29, 0.717) is 43.4 Å². The Labute approximate surface area is 167 Å². The molecule has 1 N–H and O–H groups in total. The summed E-state index contributed by atoms with van der Waals surface area (Å²) in [6.07, 6.45) is 4.94. The number of piperazine rings is 1. The Balaban J connectivity index is 1.37. The molecule has 0 atom stereocenters. The van der Waals surface area contributed by atoms with E-state index >= 15 is 0 Å². The molecule has 3 heterocycles. The molecule has 1 aliphatic rings. The predicted octanol–water partition coefficient (Wildman–Crippen LogP) is 1.98. The number of aromatic nitrogens is 4. The Bertz CT molecular complexity index is 977. The van der Waals surface area contributed by atoms with Crippen molar-refractivity contribution in [1.29, 1.82) is 0 Å². The lowest BCUT2D eigenvalue weighted by Crippen LogP contribution is -2.49. The van der Waals surface area contributed by atoms with Crippen LogP contribution in [0, 0.1) is 5.82 Å². The van der Waals surface area contributed by atoms with Crippen LogP contribution < -0.4 is 10.2 Å². The zero-order valence-corrected chi connectivity index (χ0v) is 15.7. The van der Waals surface area contributed by atoms with Crippen molar-refractivity contribution in [3.63, 3.8) is 0 Å². The highest BCUT2D eigenvalue weighted by atomic mass is 19.1. The molecule has 0 radical (unpaired) electrons. The van der Waals surface area contributed by atoms with Crippen molar-refractivity contribution < 1.29 is 9.18 Å². The molecular weight excluding hydrogens is 373 g/mol. The van der Waals surface area contributed by atoms with Gasteiger partial charge < -0.3 is 15.1 Å². The molecule has 2 aromatic heterocycles. The average Bonchev–Trinajstić information content (AvgIpc) is 2.79. The van der Waals surface area contributed by atoms with Crippen molar-refractivity contribution >= 4 is 17.8 Å². The third-order valence-corrected chi connectivity index (χ3v) is 4.67. The molecule has 0 unspecified atom stereocenters. The summed E-state index contributed by atoms with van der Waals surface area (Å²) in [6, 6.07) is 9.85. The van der Waals surface area contributed by atoms with Crippen molar-refractivity contribution in [2.24, 2.45) is 0 Å². The molecule has 3 aromatic rings. The van der Waals surface area contributed by atoms with Crippen LogP contribution in [0.15, 0.2) is 55.0 Å². The molecule has 0 bridgehead atoms. The second-order valence-electron chi connectivity index (χ2n) is 6.54. The zero-order valence-electron chi connectivity index (χ0n) is 15.7. The number of amides is 1. The van der Waals surface area contributed by atoms with Crippen LogP contribution in [-0.2, 0) is 6.54 Å². The predicted molar refractivity (Wildman–Crippen MR) is 106 cm³/mol. The van der Waals surface area contributed by atoms with Gasteiger partial charge in [0.15, 0.2) is 0 Å². The molecule has 9 heteroatoms. The maximum atomic E-state index is 13.7. The number of anilines is 2. The van der Waals surface area contributed by atoms with E-state index in [1.165, 1.54) is 12.3 Å². The molecule has 0 spiro atoms. The first kappa shape index (κ1) is 18.7. The van der Waals surface area contributed by atoms with Gasteiger partial charge in [0, 0.05) is 56.9 Å². The minimum atomic E-state index is -0.299. The van der Waals surface area contributed by atoms with Gasteiger partial charge in [0.2, 0.25) is 11.9 Å². The summed E-state index contributed by atoms with van der Waals surface area (Å²) in [5.41, 5.74) is 0.813. The molecule has 8 nitrogen and oxygen atoms in total. The highest BCUT2D eigenvalue weighted by molar-refractivity contribution is 5.92. The number of carbonyl (C=O) groups excluding carboxylic acids is 1. The smallest absolute Gasteiger partial charge is 0.272 e. The zero-order chi connectivity index (χ0) is 20.1. The molecule has 4 rings (SSSR count). The maximum absolute atomic E-state index is 13.7. The molecule has 0 aliphatic carbocycles. The quantitative estimate of drug-likeness (QED) is 0.709. The van der Waals surface area contributed by atoms with Crippen LogP contribution in [0.5, 0.6) is 0 Å². The summed E-state index contributed by atoms with van der Waals surface area (Å²) >= 11 is 0. The van der Waals surface area contributed by atoms with Crippen LogP contribution >= 0.6 is 0 Å². The van der Waals surface area contributed by atoms with E-state index in [2.05, 4.69) is 25.3 Å². The van der Waals surface area contributed by atoms with Crippen molar-refractivity contribution in [3.8, 4) is 0 Å². The Kier molecular flexibility index (Phi) is 5.55. The van der Waals surface area contributed by atoms with Gasteiger partial charge in [-0.2, -0.15) is 0 Å². The van der Waals surface area contributed by atoms with Gasteiger partial charge in [0.05, 0.1) is 0 Å². The highest BCUT2D eigenvalue weighted by Crippen LogP contribution is 2.13. The number of hydrogen-bond donors (Lipinski definition) is 1. The van der Waals surface area contributed by atoms with Crippen LogP contribution in [-0.4, -0.2) is 56.9 Å². The van der Waals surface area contributed by atoms with E-state index in [0.717, 1.165) is 0 Å². The van der Waals surface area contributed by atoms with Crippen LogP contribution in [0.1, 0.15) is 16.1 Å². The lowest BCUT2D eigenvalue weighted by Gasteiger charge is -2.34. The second kappa shape index (κ2) is 8.59. The van der Waals surface area contributed by atoms with Gasteiger partial charge in [-0.1, -0.05) is 18.2 Å². The van der Waals surface area contributed by atoms with E-state index in [9.17, 15) is 9.18 Å². The minimum Gasteiger partial charge on any atom is -0.350 e. The molecular formula is C20H20FN7O. The summed E-state index contributed by atoms with van der Waals surface area (Å²) in [6.45, 7) is 2.65. The van der Waals surface area contributed by atoms with Crippen LogP contribution in [0.2, 0.25) is 0 Å². The van der Waals surface area contributed by atoms with Crippen LogP contribution in [0.4, 0.5) is 16.3 Å². The number of halogens is 1. The summed E-state index contributed by atoms with van der Waals surface area (Å²) in [4.78, 5) is 33.5. The number of rotatable bonds is 5. The second-order valence-corrected chi connectivity index (χ2v) is 6.54. The molecule has 1 aliphatic heterocycles. The summed E-state index contributed by atoms with van der Waals surface area (Å²) in [5.74, 6) is 0.499. The monoisotopic (exact) mass is 393 g/mol. The fourth-order valence-corrected chi connectivity index (χ4v) is 3.11. The molecule has 1 saturated heterocycles. The van der Waals surface area contributed by atoms with Gasteiger partial charge in [-0.05, 0) is 18.2 Å². The summed E-state index contributed by atoms with van der Waals surface area (Å²) in [7, 11) is 0. The molecule has 1 fully saturated rings.